The van der Waals surface area contributed by atoms with E-state index < -0.39 is 0 Å². The van der Waals surface area contributed by atoms with Crippen LogP contribution in [-0.4, -0.2) is 11.2 Å². The molecule has 2 fully saturated rings. The van der Waals surface area contributed by atoms with Gasteiger partial charge in [0.2, 0.25) is 0 Å². The Hall–Kier alpha value is -0.0400. The monoisotopic (exact) mass is 196 g/mol. The molecule has 2 unspecified atom stereocenters. The van der Waals surface area contributed by atoms with Crippen molar-refractivity contribution in [3.63, 3.8) is 0 Å². The van der Waals surface area contributed by atoms with Gasteiger partial charge in [0.1, 0.15) is 0 Å². The Morgan fingerprint density at radius 2 is 2.00 bits per heavy atom. The van der Waals surface area contributed by atoms with E-state index in [1.807, 2.05) is 0 Å². The van der Waals surface area contributed by atoms with Crippen LogP contribution >= 0.6 is 0 Å². The highest BCUT2D eigenvalue weighted by atomic mass is 16.3. The Labute approximate surface area is 87.9 Å². The molecule has 4 atom stereocenters. The van der Waals surface area contributed by atoms with Gasteiger partial charge in [-0.3, -0.25) is 0 Å². The van der Waals surface area contributed by atoms with Crippen molar-refractivity contribution >= 4 is 0 Å². The molecule has 0 amide bonds. The maximum Gasteiger partial charge on any atom is 0.0601 e. The third kappa shape index (κ3) is 1.32. The summed E-state index contributed by atoms with van der Waals surface area (Å²) in [5.41, 5.74) is 0.312. The Kier molecular flexibility index (Phi) is 2.88. The second kappa shape index (κ2) is 3.84. The summed E-state index contributed by atoms with van der Waals surface area (Å²) in [7, 11) is 0. The quantitative estimate of drug-likeness (QED) is 0.682. The Bertz CT molecular complexity index is 201. The molecule has 0 heterocycles. The molecule has 0 aromatic carbocycles. The Morgan fingerprint density at radius 1 is 1.21 bits per heavy atom. The number of rotatable bonds is 1. The first-order valence-corrected chi connectivity index (χ1v) is 6.40. The molecule has 82 valence electrons. The fourth-order valence-electron chi connectivity index (χ4n) is 4.28. The molecule has 2 rings (SSSR count). The summed E-state index contributed by atoms with van der Waals surface area (Å²) < 4.78 is 0. The first-order valence-electron chi connectivity index (χ1n) is 6.40. The highest BCUT2D eigenvalue weighted by Crippen LogP contribution is 2.56. The van der Waals surface area contributed by atoms with Gasteiger partial charge in [0.25, 0.3) is 0 Å². The van der Waals surface area contributed by atoms with Crippen LogP contribution in [0.1, 0.15) is 58.8 Å². The van der Waals surface area contributed by atoms with Crippen LogP contribution in [0.25, 0.3) is 0 Å². The molecule has 2 aliphatic rings. The summed E-state index contributed by atoms with van der Waals surface area (Å²) in [4.78, 5) is 0. The second-order valence-corrected chi connectivity index (χ2v) is 5.46. The highest BCUT2D eigenvalue weighted by molar-refractivity contribution is 5.01. The van der Waals surface area contributed by atoms with E-state index in [2.05, 4.69) is 13.8 Å². The first-order chi connectivity index (χ1) is 6.71. The Morgan fingerprint density at radius 3 is 2.57 bits per heavy atom. The number of hydrogen-bond donors (Lipinski definition) is 1. The molecule has 0 bridgehead atoms. The fraction of sp³-hybridized carbons (Fsp3) is 1.00. The molecule has 1 heteroatoms. The topological polar surface area (TPSA) is 20.2 Å². The van der Waals surface area contributed by atoms with Gasteiger partial charge >= 0.3 is 0 Å². The lowest BCUT2D eigenvalue weighted by Gasteiger charge is -2.48. The zero-order valence-electron chi connectivity index (χ0n) is 9.63. The zero-order chi connectivity index (χ0) is 10.2. The van der Waals surface area contributed by atoms with E-state index in [0.717, 1.165) is 18.3 Å². The smallest absolute Gasteiger partial charge is 0.0601 e. The van der Waals surface area contributed by atoms with E-state index in [-0.39, 0.29) is 6.10 Å². The third-order valence-corrected chi connectivity index (χ3v) is 5.07. The van der Waals surface area contributed by atoms with Crippen LogP contribution in [0.15, 0.2) is 0 Å². The lowest BCUT2D eigenvalue weighted by molar-refractivity contribution is -0.0629. The minimum Gasteiger partial charge on any atom is -0.393 e. The minimum absolute atomic E-state index is 0.00255. The Balaban J connectivity index is 2.25. The highest BCUT2D eigenvalue weighted by Gasteiger charge is 2.51. The molecule has 2 saturated carbocycles. The molecule has 0 saturated heterocycles. The van der Waals surface area contributed by atoms with Crippen molar-refractivity contribution in [3.8, 4) is 0 Å². The van der Waals surface area contributed by atoms with Gasteiger partial charge in [0.15, 0.2) is 0 Å². The van der Waals surface area contributed by atoms with Crippen molar-refractivity contribution in [2.75, 3.05) is 0 Å². The zero-order valence-corrected chi connectivity index (χ0v) is 9.63. The van der Waals surface area contributed by atoms with Crippen molar-refractivity contribution in [3.05, 3.63) is 0 Å². The van der Waals surface area contributed by atoms with Crippen LogP contribution in [-0.2, 0) is 0 Å². The molecular weight excluding hydrogens is 172 g/mol. The summed E-state index contributed by atoms with van der Waals surface area (Å²) in [6.45, 7) is 4.67. The molecule has 0 aromatic rings. The van der Waals surface area contributed by atoms with Crippen LogP contribution in [0.3, 0.4) is 0 Å². The van der Waals surface area contributed by atoms with Gasteiger partial charge in [0.05, 0.1) is 6.10 Å². The van der Waals surface area contributed by atoms with Crippen LogP contribution in [0.2, 0.25) is 0 Å². The molecule has 0 aliphatic heterocycles. The predicted octanol–water partition coefficient (Wildman–Crippen LogP) is 3.36. The molecule has 1 spiro atoms. The summed E-state index contributed by atoms with van der Waals surface area (Å²) in [5.74, 6) is 1.54. The van der Waals surface area contributed by atoms with Crippen LogP contribution < -0.4 is 0 Å². The van der Waals surface area contributed by atoms with Gasteiger partial charge in [-0.05, 0) is 31.1 Å². The van der Waals surface area contributed by atoms with Crippen molar-refractivity contribution in [2.24, 2.45) is 17.3 Å². The largest absolute Gasteiger partial charge is 0.393 e. The molecule has 0 radical (unpaired) electrons. The van der Waals surface area contributed by atoms with E-state index >= 15 is 0 Å². The molecule has 1 N–H and O–H groups in total. The van der Waals surface area contributed by atoms with Crippen LogP contribution in [0, 0.1) is 17.3 Å². The third-order valence-electron chi connectivity index (χ3n) is 5.07. The molecular formula is C13H24O. The summed E-state index contributed by atoms with van der Waals surface area (Å²) >= 11 is 0. The van der Waals surface area contributed by atoms with Crippen molar-refractivity contribution in [2.45, 2.75) is 64.9 Å². The van der Waals surface area contributed by atoms with Gasteiger partial charge in [-0.1, -0.05) is 39.5 Å². The van der Waals surface area contributed by atoms with Gasteiger partial charge in [-0.25, -0.2) is 0 Å². The van der Waals surface area contributed by atoms with E-state index in [1.54, 1.807) is 0 Å². The van der Waals surface area contributed by atoms with E-state index in [4.69, 9.17) is 0 Å². The maximum absolute atomic E-state index is 10.3. The summed E-state index contributed by atoms with van der Waals surface area (Å²) in [6.07, 6.45) is 8.94. The first kappa shape index (κ1) is 10.5. The van der Waals surface area contributed by atoms with Crippen molar-refractivity contribution in [1.82, 2.24) is 0 Å². The summed E-state index contributed by atoms with van der Waals surface area (Å²) in [6, 6.07) is 0. The average molecular weight is 196 g/mol. The second-order valence-electron chi connectivity index (χ2n) is 5.46. The lowest BCUT2D eigenvalue weighted by atomic mass is 9.58. The minimum atomic E-state index is 0.00255. The van der Waals surface area contributed by atoms with Gasteiger partial charge < -0.3 is 5.11 Å². The van der Waals surface area contributed by atoms with Crippen LogP contribution in [0.5, 0.6) is 0 Å². The summed E-state index contributed by atoms with van der Waals surface area (Å²) in [5, 5.41) is 10.3. The number of aliphatic hydroxyl groups is 1. The number of hydrogen-bond acceptors (Lipinski definition) is 1. The predicted molar refractivity (Wildman–Crippen MR) is 59.1 cm³/mol. The van der Waals surface area contributed by atoms with E-state index in [1.165, 1.54) is 38.5 Å². The van der Waals surface area contributed by atoms with E-state index in [0.29, 0.717) is 5.41 Å². The lowest BCUT2D eigenvalue weighted by Crippen LogP contribution is -2.45. The van der Waals surface area contributed by atoms with E-state index in [9.17, 15) is 5.11 Å². The molecule has 14 heavy (non-hydrogen) atoms. The number of aliphatic hydroxyl groups excluding tert-OH is 1. The molecule has 2 aliphatic carbocycles. The van der Waals surface area contributed by atoms with Gasteiger partial charge in [0, 0.05) is 5.41 Å². The fourth-order valence-corrected chi connectivity index (χ4v) is 4.28. The molecule has 0 aromatic heterocycles. The standard InChI is InChI=1S/C13H24O/c1-3-11-7-4-6-10(2)13(11)9-5-8-12(13)14/h10-12,14H,3-9H2,1-2H3/t10-,11-,12?,13?/m0/s1. The van der Waals surface area contributed by atoms with Crippen LogP contribution in [0.4, 0.5) is 0 Å². The normalized spacial score (nSPS) is 48.6. The maximum atomic E-state index is 10.3. The van der Waals surface area contributed by atoms with Crippen molar-refractivity contribution < 1.29 is 5.11 Å². The average Bonchev–Trinajstić information content (AvgIpc) is 2.55. The molecule has 1 nitrogen and oxygen atoms in total. The van der Waals surface area contributed by atoms with Gasteiger partial charge in [-0.15, -0.1) is 0 Å². The SMILES string of the molecule is CC[C@H]1CCC[C@H](C)C12CCCC2O. The van der Waals surface area contributed by atoms with Crippen molar-refractivity contribution in [1.29, 1.82) is 0 Å². The van der Waals surface area contributed by atoms with Gasteiger partial charge in [-0.2, -0.15) is 0 Å².